The Morgan fingerprint density at radius 2 is 1.73 bits per heavy atom. The average molecular weight is 416 g/mol. The summed E-state index contributed by atoms with van der Waals surface area (Å²) in [6, 6.07) is 9.02. The first-order valence-electron chi connectivity index (χ1n) is 9.12. The molecular weight excluding hydrogens is 391 g/mol. The Hall–Kier alpha value is -3.55. The van der Waals surface area contributed by atoms with Crippen molar-refractivity contribution in [3.63, 3.8) is 0 Å². The zero-order valence-corrected chi connectivity index (χ0v) is 17.5. The summed E-state index contributed by atoms with van der Waals surface area (Å²) in [5.74, 6) is 0.0777. The smallest absolute Gasteiger partial charge is 0.412 e. The fourth-order valence-electron chi connectivity index (χ4n) is 2.42. The summed E-state index contributed by atoms with van der Waals surface area (Å²) in [5, 5.41) is 4.94. The molecule has 0 atom stereocenters. The molecule has 0 saturated heterocycles. The summed E-state index contributed by atoms with van der Waals surface area (Å²) in [4.78, 5) is 24.1. The molecule has 7 nitrogen and oxygen atoms in total. The number of anilines is 2. The number of carbonyl (C=O) groups is 2. The third-order valence-corrected chi connectivity index (χ3v) is 3.72. The van der Waals surface area contributed by atoms with Gasteiger partial charge in [-0.15, -0.1) is 0 Å². The second kappa shape index (κ2) is 9.78. The molecule has 0 aliphatic carbocycles. The van der Waals surface area contributed by atoms with Gasteiger partial charge in [-0.1, -0.05) is 0 Å². The number of rotatable bonds is 6. The number of amides is 2. The van der Waals surface area contributed by atoms with Crippen LogP contribution < -0.4 is 20.1 Å². The molecule has 2 amide bonds. The van der Waals surface area contributed by atoms with E-state index in [0.717, 1.165) is 6.07 Å². The minimum absolute atomic E-state index is 0.108. The van der Waals surface area contributed by atoms with Crippen molar-refractivity contribution < 1.29 is 28.2 Å². The van der Waals surface area contributed by atoms with E-state index in [4.69, 9.17) is 14.2 Å². The van der Waals surface area contributed by atoms with Crippen LogP contribution in [0.25, 0.3) is 6.08 Å². The standard InChI is InChI=1S/C22H25FN2O5/c1-22(2,3)30-21(27)25-18-12-15(8-10-17(18)23)24-20(26)11-7-14-6-9-16(28-4)13-19(14)29-5/h6-13H,1-5H3,(H,24,26)(H,25,27). The molecule has 0 heterocycles. The summed E-state index contributed by atoms with van der Waals surface area (Å²) < 4.78 is 29.5. The number of methoxy groups -OCH3 is 2. The van der Waals surface area contributed by atoms with Crippen molar-refractivity contribution in [3.05, 3.63) is 53.9 Å². The Morgan fingerprint density at radius 1 is 1.00 bits per heavy atom. The van der Waals surface area contributed by atoms with Crippen LogP contribution in [0.2, 0.25) is 0 Å². The normalized spacial score (nSPS) is 11.1. The van der Waals surface area contributed by atoms with Crippen molar-refractivity contribution in [1.29, 1.82) is 0 Å². The predicted octanol–water partition coefficient (Wildman–Crippen LogP) is 4.84. The van der Waals surface area contributed by atoms with Crippen molar-refractivity contribution in [2.24, 2.45) is 0 Å². The fraction of sp³-hybridized carbons (Fsp3) is 0.273. The van der Waals surface area contributed by atoms with Crippen LogP contribution in [0.1, 0.15) is 26.3 Å². The molecule has 2 N–H and O–H groups in total. The Balaban J connectivity index is 2.08. The summed E-state index contributed by atoms with van der Waals surface area (Å²) in [5.41, 5.74) is 0.154. The van der Waals surface area contributed by atoms with Crippen LogP contribution in [0.3, 0.4) is 0 Å². The maximum Gasteiger partial charge on any atom is 0.412 e. The molecule has 0 saturated carbocycles. The summed E-state index contributed by atoms with van der Waals surface area (Å²) in [6.45, 7) is 5.09. The maximum absolute atomic E-state index is 14.0. The Labute approximate surface area is 174 Å². The summed E-state index contributed by atoms with van der Waals surface area (Å²) in [6.07, 6.45) is 2.10. The zero-order valence-electron chi connectivity index (χ0n) is 17.5. The van der Waals surface area contributed by atoms with E-state index in [1.165, 1.54) is 25.3 Å². The SMILES string of the molecule is COc1ccc(C=CC(=O)Nc2ccc(F)c(NC(=O)OC(C)(C)C)c2)c(OC)c1. The first-order chi connectivity index (χ1) is 14.1. The molecule has 0 aliphatic rings. The lowest BCUT2D eigenvalue weighted by molar-refractivity contribution is -0.111. The van der Waals surface area contributed by atoms with Gasteiger partial charge >= 0.3 is 6.09 Å². The van der Waals surface area contributed by atoms with E-state index < -0.39 is 23.4 Å². The highest BCUT2D eigenvalue weighted by atomic mass is 19.1. The van der Waals surface area contributed by atoms with Gasteiger partial charge in [-0.3, -0.25) is 10.1 Å². The van der Waals surface area contributed by atoms with Crippen molar-refractivity contribution in [3.8, 4) is 11.5 Å². The third-order valence-electron chi connectivity index (χ3n) is 3.72. The molecule has 160 valence electrons. The molecule has 0 aliphatic heterocycles. The molecule has 30 heavy (non-hydrogen) atoms. The maximum atomic E-state index is 14.0. The van der Waals surface area contributed by atoms with Gasteiger partial charge in [-0.05, 0) is 57.2 Å². The number of carbonyl (C=O) groups excluding carboxylic acids is 2. The number of hydrogen-bond donors (Lipinski definition) is 2. The highest BCUT2D eigenvalue weighted by molar-refractivity contribution is 6.02. The van der Waals surface area contributed by atoms with Crippen LogP contribution in [0.4, 0.5) is 20.6 Å². The lowest BCUT2D eigenvalue weighted by Gasteiger charge is -2.20. The van der Waals surface area contributed by atoms with Crippen molar-refractivity contribution >= 4 is 29.5 Å². The van der Waals surface area contributed by atoms with E-state index in [9.17, 15) is 14.0 Å². The molecule has 2 aromatic rings. The number of ether oxygens (including phenoxy) is 3. The van der Waals surface area contributed by atoms with Gasteiger partial charge in [0.15, 0.2) is 0 Å². The molecule has 0 unspecified atom stereocenters. The number of nitrogens with one attached hydrogen (secondary N) is 2. The van der Waals surface area contributed by atoms with E-state index in [-0.39, 0.29) is 5.69 Å². The van der Waals surface area contributed by atoms with Gasteiger partial charge in [0.25, 0.3) is 0 Å². The molecule has 0 fully saturated rings. The lowest BCUT2D eigenvalue weighted by Crippen LogP contribution is -2.27. The highest BCUT2D eigenvalue weighted by Crippen LogP contribution is 2.26. The largest absolute Gasteiger partial charge is 0.497 e. The van der Waals surface area contributed by atoms with Crippen LogP contribution in [-0.4, -0.2) is 31.8 Å². The Bertz CT molecular complexity index is 951. The molecule has 0 radical (unpaired) electrons. The molecular formula is C22H25FN2O5. The minimum atomic E-state index is -0.795. The molecule has 0 aromatic heterocycles. The predicted molar refractivity (Wildman–Crippen MR) is 113 cm³/mol. The number of halogens is 1. The van der Waals surface area contributed by atoms with E-state index in [1.807, 2.05) is 0 Å². The monoisotopic (exact) mass is 416 g/mol. The van der Waals surface area contributed by atoms with Gasteiger partial charge < -0.3 is 19.5 Å². The third kappa shape index (κ3) is 6.80. The van der Waals surface area contributed by atoms with Crippen molar-refractivity contribution in [2.45, 2.75) is 26.4 Å². The average Bonchev–Trinajstić information content (AvgIpc) is 2.67. The van der Waals surface area contributed by atoms with Crippen LogP contribution in [0.15, 0.2) is 42.5 Å². The second-order valence-electron chi connectivity index (χ2n) is 7.25. The second-order valence-corrected chi connectivity index (χ2v) is 7.25. The molecule has 8 heteroatoms. The molecule has 2 aromatic carbocycles. The highest BCUT2D eigenvalue weighted by Gasteiger charge is 2.17. The van der Waals surface area contributed by atoms with E-state index >= 15 is 0 Å². The molecule has 2 rings (SSSR count). The van der Waals surface area contributed by atoms with Crippen LogP contribution in [0, 0.1) is 5.82 Å². The summed E-state index contributed by atoms with van der Waals surface area (Å²) >= 11 is 0. The van der Waals surface area contributed by atoms with Crippen molar-refractivity contribution in [2.75, 3.05) is 24.9 Å². The van der Waals surface area contributed by atoms with Gasteiger partial charge in [0.05, 0.1) is 19.9 Å². The minimum Gasteiger partial charge on any atom is -0.497 e. The fourth-order valence-corrected chi connectivity index (χ4v) is 2.42. The summed E-state index contributed by atoms with van der Waals surface area (Å²) in [7, 11) is 3.07. The van der Waals surface area contributed by atoms with Crippen LogP contribution >= 0.6 is 0 Å². The molecule has 0 bridgehead atoms. The van der Waals surface area contributed by atoms with E-state index in [2.05, 4.69) is 10.6 Å². The molecule has 0 spiro atoms. The van der Waals surface area contributed by atoms with Crippen LogP contribution in [-0.2, 0) is 9.53 Å². The first kappa shape index (κ1) is 22.7. The van der Waals surface area contributed by atoms with Crippen molar-refractivity contribution in [1.82, 2.24) is 0 Å². The van der Waals surface area contributed by atoms with E-state index in [1.54, 1.807) is 52.2 Å². The van der Waals surface area contributed by atoms with Gasteiger partial charge in [-0.2, -0.15) is 0 Å². The van der Waals surface area contributed by atoms with Gasteiger partial charge in [0.2, 0.25) is 5.91 Å². The van der Waals surface area contributed by atoms with Gasteiger partial charge in [-0.25, -0.2) is 9.18 Å². The first-order valence-corrected chi connectivity index (χ1v) is 9.12. The van der Waals surface area contributed by atoms with Crippen LogP contribution in [0.5, 0.6) is 11.5 Å². The zero-order chi connectivity index (χ0) is 22.3. The topological polar surface area (TPSA) is 85.9 Å². The Kier molecular flexibility index (Phi) is 7.41. The van der Waals surface area contributed by atoms with Gasteiger partial charge in [0, 0.05) is 23.4 Å². The number of hydrogen-bond acceptors (Lipinski definition) is 5. The lowest BCUT2D eigenvalue weighted by atomic mass is 10.1. The van der Waals surface area contributed by atoms with E-state index in [0.29, 0.717) is 22.7 Å². The Morgan fingerprint density at radius 3 is 2.37 bits per heavy atom. The van der Waals surface area contributed by atoms with Gasteiger partial charge in [0.1, 0.15) is 22.9 Å². The number of benzene rings is 2. The quantitative estimate of drug-likeness (QED) is 0.658.